The fraction of sp³-hybridized carbons (Fsp3) is 0.471. The first-order valence-corrected chi connectivity index (χ1v) is 8.39. The van der Waals surface area contributed by atoms with Crippen LogP contribution in [0.25, 0.3) is 11.5 Å². The summed E-state index contributed by atoms with van der Waals surface area (Å²) in [6.45, 7) is 6.77. The van der Waals surface area contributed by atoms with Crippen molar-refractivity contribution in [3.63, 3.8) is 0 Å². The van der Waals surface area contributed by atoms with Crippen molar-refractivity contribution in [1.29, 1.82) is 0 Å². The van der Waals surface area contributed by atoms with E-state index in [1.54, 1.807) is 6.20 Å². The minimum atomic E-state index is 0.477. The largest absolute Gasteiger partial charge is 0.458 e. The first-order chi connectivity index (χ1) is 11.7. The Labute approximate surface area is 140 Å². The predicted octanol–water partition coefficient (Wildman–Crippen LogP) is 2.54. The number of aromatic nitrogens is 5. The number of aromatic amines is 1. The quantitative estimate of drug-likeness (QED) is 0.780. The van der Waals surface area contributed by atoms with Crippen LogP contribution in [0.3, 0.4) is 0 Å². The second-order valence-electron chi connectivity index (χ2n) is 6.39. The molecule has 0 bridgehead atoms. The molecule has 0 aliphatic carbocycles. The number of nitrogens with one attached hydrogen (secondary N) is 1. The van der Waals surface area contributed by atoms with Crippen molar-refractivity contribution in [2.75, 3.05) is 6.54 Å². The van der Waals surface area contributed by atoms with E-state index < -0.39 is 0 Å². The van der Waals surface area contributed by atoms with Gasteiger partial charge in [0.2, 0.25) is 0 Å². The van der Waals surface area contributed by atoms with Crippen LogP contribution in [0.4, 0.5) is 0 Å². The van der Waals surface area contributed by atoms with Crippen LogP contribution in [0, 0.1) is 13.8 Å². The molecule has 0 amide bonds. The molecule has 7 heteroatoms. The summed E-state index contributed by atoms with van der Waals surface area (Å²) in [4.78, 5) is 6.88. The zero-order valence-corrected chi connectivity index (χ0v) is 14.1. The lowest BCUT2D eigenvalue weighted by molar-refractivity contribution is 0.203. The molecule has 0 radical (unpaired) electrons. The number of H-pyrrole nitrogens is 1. The van der Waals surface area contributed by atoms with Crippen LogP contribution in [-0.2, 0) is 13.1 Å². The first kappa shape index (κ1) is 15.1. The molecular weight excluding hydrogens is 304 g/mol. The van der Waals surface area contributed by atoms with Gasteiger partial charge in [0, 0.05) is 12.2 Å². The number of nitrogens with zero attached hydrogens (tertiary/aromatic N) is 5. The molecule has 0 aromatic carbocycles. The van der Waals surface area contributed by atoms with Gasteiger partial charge in [-0.3, -0.25) is 10.00 Å². The van der Waals surface area contributed by atoms with E-state index in [4.69, 9.17) is 4.42 Å². The van der Waals surface area contributed by atoms with Gasteiger partial charge in [0.15, 0.2) is 5.76 Å². The first-order valence-electron chi connectivity index (χ1n) is 8.39. The van der Waals surface area contributed by atoms with E-state index in [1.807, 2.05) is 30.7 Å². The molecule has 4 heterocycles. The molecule has 4 rings (SSSR count). The minimum Gasteiger partial charge on any atom is -0.458 e. The van der Waals surface area contributed by atoms with Crippen LogP contribution in [0.15, 0.2) is 28.8 Å². The van der Waals surface area contributed by atoms with E-state index in [1.165, 1.54) is 12.8 Å². The molecule has 24 heavy (non-hydrogen) atoms. The van der Waals surface area contributed by atoms with E-state index >= 15 is 0 Å². The summed E-state index contributed by atoms with van der Waals surface area (Å²) < 4.78 is 7.99. The Hall–Kier alpha value is -2.41. The normalized spacial score (nSPS) is 18.5. The maximum absolute atomic E-state index is 5.97. The molecule has 3 aromatic heterocycles. The van der Waals surface area contributed by atoms with Crippen LogP contribution >= 0.6 is 0 Å². The second kappa shape index (κ2) is 6.24. The van der Waals surface area contributed by atoms with Gasteiger partial charge in [0.05, 0.1) is 13.1 Å². The van der Waals surface area contributed by atoms with E-state index in [0.29, 0.717) is 6.04 Å². The molecule has 1 aliphatic rings. The molecule has 0 spiro atoms. The predicted molar refractivity (Wildman–Crippen MR) is 89.2 cm³/mol. The number of likely N-dealkylation sites (tertiary alicyclic amines) is 1. The van der Waals surface area contributed by atoms with Crippen LogP contribution in [-0.4, -0.2) is 42.4 Å². The molecule has 1 aliphatic heterocycles. The van der Waals surface area contributed by atoms with Crippen molar-refractivity contribution in [3.05, 3.63) is 41.8 Å². The molecule has 1 unspecified atom stereocenters. The Balaban J connectivity index is 1.44. The molecule has 1 atom stereocenters. The molecular formula is C17H22N6O. The van der Waals surface area contributed by atoms with E-state index in [-0.39, 0.29) is 0 Å². The van der Waals surface area contributed by atoms with Gasteiger partial charge in [0.1, 0.15) is 23.1 Å². The highest BCUT2D eigenvalue weighted by Crippen LogP contribution is 2.25. The molecule has 7 nitrogen and oxygen atoms in total. The van der Waals surface area contributed by atoms with Crippen LogP contribution in [0.1, 0.15) is 30.3 Å². The Morgan fingerprint density at radius 1 is 1.29 bits per heavy atom. The van der Waals surface area contributed by atoms with Gasteiger partial charge in [-0.2, -0.15) is 10.2 Å². The summed E-state index contributed by atoms with van der Waals surface area (Å²) in [5.74, 6) is 3.64. The van der Waals surface area contributed by atoms with Gasteiger partial charge in [-0.15, -0.1) is 0 Å². The Bertz CT molecular complexity index is 803. The summed E-state index contributed by atoms with van der Waals surface area (Å²) in [6.07, 6.45) is 4.13. The van der Waals surface area contributed by atoms with E-state index in [0.717, 1.165) is 48.5 Å². The molecule has 0 saturated carbocycles. The van der Waals surface area contributed by atoms with Gasteiger partial charge in [0.25, 0.3) is 0 Å². The van der Waals surface area contributed by atoms with Gasteiger partial charge in [-0.05, 0) is 51.4 Å². The fourth-order valence-corrected chi connectivity index (χ4v) is 3.44. The summed E-state index contributed by atoms with van der Waals surface area (Å²) in [6, 6.07) is 6.44. The van der Waals surface area contributed by atoms with Crippen LogP contribution in [0.2, 0.25) is 0 Å². The van der Waals surface area contributed by atoms with Gasteiger partial charge < -0.3 is 4.42 Å². The standard InChI is InChI=1S/C17H22N6O/c1-12-19-13(2)23(21-12)10-14-4-3-9-22(14)11-15-5-6-17(24-15)16-7-8-18-20-16/h5-8,14H,3-4,9-11H2,1-2H3,(H,18,20). The summed E-state index contributed by atoms with van der Waals surface area (Å²) in [5, 5.41) is 11.4. The van der Waals surface area contributed by atoms with Gasteiger partial charge in [-0.25, -0.2) is 9.67 Å². The van der Waals surface area contributed by atoms with Crippen molar-refractivity contribution in [3.8, 4) is 11.5 Å². The van der Waals surface area contributed by atoms with Crippen LogP contribution in [0.5, 0.6) is 0 Å². The van der Waals surface area contributed by atoms with Crippen molar-refractivity contribution < 1.29 is 4.42 Å². The Morgan fingerprint density at radius 3 is 2.96 bits per heavy atom. The molecule has 126 valence electrons. The number of furan rings is 1. The smallest absolute Gasteiger partial charge is 0.152 e. The maximum Gasteiger partial charge on any atom is 0.152 e. The fourth-order valence-electron chi connectivity index (χ4n) is 3.44. The number of rotatable bonds is 5. The van der Waals surface area contributed by atoms with Crippen molar-refractivity contribution in [2.24, 2.45) is 0 Å². The molecule has 1 saturated heterocycles. The molecule has 3 aromatic rings. The average molecular weight is 326 g/mol. The monoisotopic (exact) mass is 326 g/mol. The van der Waals surface area contributed by atoms with Crippen molar-refractivity contribution in [2.45, 2.75) is 45.8 Å². The SMILES string of the molecule is Cc1nc(C)n(CC2CCCN2Cc2ccc(-c3ccn[nH]3)o2)n1. The maximum atomic E-state index is 5.97. The van der Waals surface area contributed by atoms with Crippen molar-refractivity contribution in [1.82, 2.24) is 29.9 Å². The van der Waals surface area contributed by atoms with Gasteiger partial charge >= 0.3 is 0 Å². The topological polar surface area (TPSA) is 75.8 Å². The highest BCUT2D eigenvalue weighted by molar-refractivity contribution is 5.51. The lowest BCUT2D eigenvalue weighted by atomic mass is 10.2. The summed E-state index contributed by atoms with van der Waals surface area (Å²) in [5.41, 5.74) is 0.910. The highest BCUT2D eigenvalue weighted by atomic mass is 16.3. The van der Waals surface area contributed by atoms with Crippen LogP contribution < -0.4 is 0 Å². The highest BCUT2D eigenvalue weighted by Gasteiger charge is 2.26. The lowest BCUT2D eigenvalue weighted by Crippen LogP contribution is -2.33. The molecule has 1 N–H and O–H groups in total. The zero-order chi connectivity index (χ0) is 16.5. The number of aryl methyl sites for hydroxylation is 2. The van der Waals surface area contributed by atoms with Gasteiger partial charge in [-0.1, -0.05) is 0 Å². The summed E-state index contributed by atoms with van der Waals surface area (Å²) in [7, 11) is 0. The minimum absolute atomic E-state index is 0.477. The molecule has 1 fully saturated rings. The van der Waals surface area contributed by atoms with E-state index in [2.05, 4.69) is 31.2 Å². The lowest BCUT2D eigenvalue weighted by Gasteiger charge is -2.23. The summed E-state index contributed by atoms with van der Waals surface area (Å²) >= 11 is 0. The second-order valence-corrected chi connectivity index (χ2v) is 6.39. The average Bonchev–Trinajstić information content (AvgIpc) is 3.30. The number of hydrogen-bond donors (Lipinski definition) is 1. The van der Waals surface area contributed by atoms with Crippen molar-refractivity contribution >= 4 is 0 Å². The third-order valence-electron chi connectivity index (χ3n) is 4.63. The Morgan fingerprint density at radius 2 is 2.21 bits per heavy atom. The third-order valence-corrected chi connectivity index (χ3v) is 4.63. The number of hydrogen-bond acceptors (Lipinski definition) is 5. The zero-order valence-electron chi connectivity index (χ0n) is 14.1. The Kier molecular flexibility index (Phi) is 3.93. The third kappa shape index (κ3) is 2.99. The van der Waals surface area contributed by atoms with E-state index in [9.17, 15) is 0 Å².